The standard InChI is InChI=1S/C17H29N3O/c1-4-15-8-18-16(21-15)9-19-17-13-6-5-7-14(17)11-20(10-13)12(2)3/h8,12-14,17,19H,4-7,9-11H2,1-3H3. The Hall–Kier alpha value is -0.870. The predicted octanol–water partition coefficient (Wildman–Crippen LogP) is 2.84. The van der Waals surface area contributed by atoms with E-state index in [4.69, 9.17) is 4.42 Å². The molecule has 4 nitrogen and oxygen atoms in total. The first-order valence-corrected chi connectivity index (χ1v) is 8.58. The van der Waals surface area contributed by atoms with Crippen LogP contribution in [0, 0.1) is 11.8 Å². The maximum absolute atomic E-state index is 5.72. The highest BCUT2D eigenvalue weighted by molar-refractivity contribution is 4.98. The Kier molecular flexibility index (Phi) is 4.65. The van der Waals surface area contributed by atoms with E-state index in [9.17, 15) is 0 Å². The summed E-state index contributed by atoms with van der Waals surface area (Å²) in [5.41, 5.74) is 0. The summed E-state index contributed by atoms with van der Waals surface area (Å²) in [7, 11) is 0. The fourth-order valence-corrected chi connectivity index (χ4v) is 4.03. The van der Waals surface area contributed by atoms with Gasteiger partial charge in [-0.25, -0.2) is 4.98 Å². The highest BCUT2D eigenvalue weighted by atomic mass is 16.4. The van der Waals surface area contributed by atoms with Crippen LogP contribution in [0.2, 0.25) is 0 Å². The third kappa shape index (κ3) is 3.32. The Morgan fingerprint density at radius 1 is 1.33 bits per heavy atom. The minimum Gasteiger partial charge on any atom is -0.444 e. The molecule has 3 rings (SSSR count). The second-order valence-electron chi connectivity index (χ2n) is 6.98. The van der Waals surface area contributed by atoms with Crippen molar-refractivity contribution >= 4 is 0 Å². The van der Waals surface area contributed by atoms with E-state index in [1.807, 2.05) is 6.20 Å². The molecule has 2 heterocycles. The minimum absolute atomic E-state index is 0.644. The molecular weight excluding hydrogens is 262 g/mol. The van der Waals surface area contributed by atoms with Crippen molar-refractivity contribution in [3.05, 3.63) is 17.8 Å². The lowest BCUT2D eigenvalue weighted by Gasteiger charge is -2.49. The summed E-state index contributed by atoms with van der Waals surface area (Å²) in [5, 5.41) is 3.75. The quantitative estimate of drug-likeness (QED) is 0.906. The van der Waals surface area contributed by atoms with E-state index < -0.39 is 0 Å². The molecule has 118 valence electrons. The molecule has 2 bridgehead atoms. The van der Waals surface area contributed by atoms with Crippen LogP contribution in [0.15, 0.2) is 10.6 Å². The van der Waals surface area contributed by atoms with E-state index in [2.05, 4.69) is 36.0 Å². The summed E-state index contributed by atoms with van der Waals surface area (Å²) in [6.07, 6.45) is 6.91. The van der Waals surface area contributed by atoms with Crippen molar-refractivity contribution in [2.45, 2.75) is 65.1 Å². The van der Waals surface area contributed by atoms with Gasteiger partial charge in [-0.05, 0) is 38.5 Å². The zero-order valence-corrected chi connectivity index (χ0v) is 13.6. The normalized spacial score (nSPS) is 30.0. The van der Waals surface area contributed by atoms with Crippen LogP contribution >= 0.6 is 0 Å². The van der Waals surface area contributed by atoms with E-state index in [0.29, 0.717) is 12.1 Å². The average molecular weight is 291 g/mol. The maximum Gasteiger partial charge on any atom is 0.208 e. The van der Waals surface area contributed by atoms with Crippen LogP contribution in [-0.2, 0) is 13.0 Å². The highest BCUT2D eigenvalue weighted by Gasteiger charge is 2.39. The molecule has 21 heavy (non-hydrogen) atoms. The molecule has 0 aromatic carbocycles. The zero-order chi connectivity index (χ0) is 14.8. The Labute approximate surface area is 128 Å². The molecule has 4 heteroatoms. The van der Waals surface area contributed by atoms with E-state index >= 15 is 0 Å². The molecule has 2 unspecified atom stereocenters. The second kappa shape index (κ2) is 6.49. The lowest BCUT2D eigenvalue weighted by atomic mass is 9.73. The number of rotatable bonds is 5. The van der Waals surface area contributed by atoms with Crippen molar-refractivity contribution in [3.8, 4) is 0 Å². The SMILES string of the molecule is CCc1cnc(CNC2C3CCCC2CN(C(C)C)C3)o1. The van der Waals surface area contributed by atoms with Crippen molar-refractivity contribution < 1.29 is 4.42 Å². The summed E-state index contributed by atoms with van der Waals surface area (Å²) >= 11 is 0. The molecule has 0 radical (unpaired) electrons. The predicted molar refractivity (Wildman–Crippen MR) is 84.0 cm³/mol. The number of oxazole rings is 1. The maximum atomic E-state index is 5.72. The van der Waals surface area contributed by atoms with Crippen LogP contribution in [0.3, 0.4) is 0 Å². The van der Waals surface area contributed by atoms with Gasteiger partial charge < -0.3 is 14.6 Å². The van der Waals surface area contributed by atoms with Crippen LogP contribution < -0.4 is 5.32 Å². The molecule has 2 fully saturated rings. The third-order valence-electron chi connectivity index (χ3n) is 5.27. The number of aryl methyl sites for hydroxylation is 1. The van der Waals surface area contributed by atoms with Crippen LogP contribution in [0.5, 0.6) is 0 Å². The van der Waals surface area contributed by atoms with Gasteiger partial charge in [0, 0.05) is 31.6 Å². The van der Waals surface area contributed by atoms with E-state index in [1.54, 1.807) is 0 Å². The first-order chi connectivity index (χ1) is 10.2. The van der Waals surface area contributed by atoms with Crippen LogP contribution in [0.25, 0.3) is 0 Å². The van der Waals surface area contributed by atoms with Gasteiger partial charge in [-0.3, -0.25) is 0 Å². The van der Waals surface area contributed by atoms with Crippen molar-refractivity contribution in [3.63, 3.8) is 0 Å². The smallest absolute Gasteiger partial charge is 0.208 e. The van der Waals surface area contributed by atoms with Gasteiger partial charge >= 0.3 is 0 Å². The van der Waals surface area contributed by atoms with Gasteiger partial charge in [-0.15, -0.1) is 0 Å². The molecule has 1 aliphatic carbocycles. The van der Waals surface area contributed by atoms with Crippen molar-refractivity contribution in [2.24, 2.45) is 11.8 Å². The average Bonchev–Trinajstić information content (AvgIpc) is 2.92. The number of fused-ring (bicyclic) bond motifs is 2. The number of nitrogens with zero attached hydrogens (tertiary/aromatic N) is 2. The molecular formula is C17H29N3O. The Bertz CT molecular complexity index is 443. The lowest BCUT2D eigenvalue weighted by Crippen LogP contribution is -2.58. The first kappa shape index (κ1) is 15.0. The summed E-state index contributed by atoms with van der Waals surface area (Å²) in [6.45, 7) is 10.0. The second-order valence-corrected chi connectivity index (χ2v) is 6.98. The molecule has 1 saturated heterocycles. The number of nitrogens with one attached hydrogen (secondary N) is 1. The zero-order valence-electron chi connectivity index (χ0n) is 13.6. The van der Waals surface area contributed by atoms with Gasteiger partial charge in [0.2, 0.25) is 5.89 Å². The Morgan fingerprint density at radius 3 is 2.62 bits per heavy atom. The molecule has 0 amide bonds. The number of hydrogen-bond acceptors (Lipinski definition) is 4. The van der Waals surface area contributed by atoms with Gasteiger partial charge in [0.05, 0.1) is 12.7 Å². The van der Waals surface area contributed by atoms with Crippen molar-refractivity contribution in [1.29, 1.82) is 0 Å². The lowest BCUT2D eigenvalue weighted by molar-refractivity contribution is 0.0281. The van der Waals surface area contributed by atoms with Crippen LogP contribution in [-0.4, -0.2) is 35.1 Å². The van der Waals surface area contributed by atoms with E-state index in [-0.39, 0.29) is 0 Å². The van der Waals surface area contributed by atoms with Crippen molar-refractivity contribution in [2.75, 3.05) is 13.1 Å². The third-order valence-corrected chi connectivity index (χ3v) is 5.27. The topological polar surface area (TPSA) is 41.3 Å². The summed E-state index contributed by atoms with van der Waals surface area (Å²) in [6, 6.07) is 1.32. The van der Waals surface area contributed by atoms with Gasteiger partial charge in [-0.1, -0.05) is 13.3 Å². The molecule has 1 aliphatic heterocycles. The fourth-order valence-electron chi connectivity index (χ4n) is 4.03. The van der Waals surface area contributed by atoms with Gasteiger partial charge in [0.1, 0.15) is 5.76 Å². The van der Waals surface area contributed by atoms with Crippen LogP contribution in [0.1, 0.15) is 51.7 Å². The monoisotopic (exact) mass is 291 g/mol. The minimum atomic E-state index is 0.644. The fraction of sp³-hybridized carbons (Fsp3) is 0.824. The Morgan fingerprint density at radius 2 is 2.05 bits per heavy atom. The number of likely N-dealkylation sites (tertiary alicyclic amines) is 1. The van der Waals surface area contributed by atoms with Gasteiger partial charge in [-0.2, -0.15) is 0 Å². The molecule has 0 spiro atoms. The van der Waals surface area contributed by atoms with E-state index in [0.717, 1.165) is 36.5 Å². The largest absolute Gasteiger partial charge is 0.444 e. The number of piperidine rings is 1. The van der Waals surface area contributed by atoms with Crippen LogP contribution in [0.4, 0.5) is 0 Å². The molecule has 1 N–H and O–H groups in total. The van der Waals surface area contributed by atoms with Gasteiger partial charge in [0.15, 0.2) is 0 Å². The molecule has 1 aromatic heterocycles. The molecule has 2 aliphatic rings. The molecule has 1 saturated carbocycles. The molecule has 2 atom stereocenters. The summed E-state index contributed by atoms with van der Waals surface area (Å²) in [4.78, 5) is 7.03. The van der Waals surface area contributed by atoms with Crippen molar-refractivity contribution in [1.82, 2.24) is 15.2 Å². The molecule has 1 aromatic rings. The summed E-state index contributed by atoms with van der Waals surface area (Å²) in [5.74, 6) is 3.42. The first-order valence-electron chi connectivity index (χ1n) is 8.58. The van der Waals surface area contributed by atoms with Gasteiger partial charge in [0.25, 0.3) is 0 Å². The number of aromatic nitrogens is 1. The summed E-state index contributed by atoms with van der Waals surface area (Å²) < 4.78 is 5.72. The Balaban J connectivity index is 1.60. The number of hydrogen-bond donors (Lipinski definition) is 1. The highest BCUT2D eigenvalue weighted by Crippen LogP contribution is 2.35. The van der Waals surface area contributed by atoms with E-state index in [1.165, 1.54) is 32.4 Å².